The molecule has 0 heterocycles. The van der Waals surface area contributed by atoms with Gasteiger partial charge in [0, 0.05) is 90.5 Å². The highest BCUT2D eigenvalue weighted by atomic mass is 16.2. The third-order valence-corrected chi connectivity index (χ3v) is 9.37. The molecule has 0 aliphatic heterocycles. The number of nitrogens with zero attached hydrogens (tertiary/aromatic N) is 10. The maximum Gasteiger partial charge on any atom is 0.242 e. The molecule has 62 heavy (non-hydrogen) atoms. The predicted molar refractivity (Wildman–Crippen MR) is 222 cm³/mol. The van der Waals surface area contributed by atoms with Crippen molar-refractivity contribution in [2.75, 3.05) is 150 Å². The summed E-state index contributed by atoms with van der Waals surface area (Å²) in [7, 11) is 14.9. The lowest BCUT2D eigenvalue weighted by molar-refractivity contribution is -0.146. The second-order valence-electron chi connectivity index (χ2n) is 14.9. The van der Waals surface area contributed by atoms with E-state index in [9.17, 15) is 57.5 Å². The number of nitrogens with two attached hydrogens (primary N) is 1. The molecule has 1 atom stereocenters. The van der Waals surface area contributed by atoms with Crippen molar-refractivity contribution in [3.05, 3.63) is 0 Å². The normalized spacial score (nSPS) is 10.9. The van der Waals surface area contributed by atoms with Crippen molar-refractivity contribution in [1.29, 1.82) is 0 Å². The Bertz CT molecular complexity index is 1680. The minimum Gasteiger partial charge on any atom is -0.357 e. The zero-order valence-corrected chi connectivity index (χ0v) is 38.0. The molecule has 12 amide bonds. The highest BCUT2D eigenvalue weighted by Gasteiger charge is 2.26. The molecule has 0 spiro atoms. The molecule has 0 aromatic carbocycles. The molecule has 0 fully saturated rings. The number of rotatable bonds is 24. The standard InChI is InChI=1S/C37H65N13O12/c1-25(37(62)39-2)40-26(51)15-41(3)28(53)17-43(5)30(55)19-45(7)32(57)21-47(9)34(59)23-49(11)36(61)24-50(12)35(60)22-48(10)33(58)20-46(8)31(56)18-44(6)29(54)16-42(4)27(52)13-14-38/h25H,13-24,38H2,1-12H3,(H,39,62)(H,40,51)/t25-/m0/s1. The molecule has 0 aliphatic carbocycles. The van der Waals surface area contributed by atoms with Gasteiger partial charge in [-0.1, -0.05) is 0 Å². The van der Waals surface area contributed by atoms with Crippen LogP contribution in [-0.2, 0) is 57.5 Å². The van der Waals surface area contributed by atoms with Gasteiger partial charge in [-0.05, 0) is 6.92 Å². The van der Waals surface area contributed by atoms with Crippen molar-refractivity contribution in [2.45, 2.75) is 19.4 Å². The third-order valence-electron chi connectivity index (χ3n) is 9.37. The van der Waals surface area contributed by atoms with Gasteiger partial charge in [0.05, 0.1) is 65.4 Å². The molecule has 4 N–H and O–H groups in total. The van der Waals surface area contributed by atoms with Crippen molar-refractivity contribution < 1.29 is 57.5 Å². The van der Waals surface area contributed by atoms with Gasteiger partial charge in [-0.3, -0.25) is 57.5 Å². The molecule has 0 bridgehead atoms. The first-order valence-corrected chi connectivity index (χ1v) is 19.3. The SMILES string of the molecule is CNC(=O)[C@H](C)NC(=O)CN(C)C(=O)CN(C)C(=O)CN(C)C(=O)CN(C)C(=O)CN(C)C(=O)CN(C)C(=O)CN(C)C(=O)CN(C)C(=O)CN(C)C(=O)CN(C)C(=O)CCN. The lowest BCUT2D eigenvalue weighted by Gasteiger charge is -2.27. The van der Waals surface area contributed by atoms with E-state index in [1.165, 1.54) is 89.3 Å². The Hall–Kier alpha value is -6.40. The summed E-state index contributed by atoms with van der Waals surface area (Å²) in [5, 5.41) is 4.83. The van der Waals surface area contributed by atoms with E-state index in [1.54, 1.807) is 0 Å². The number of carbonyl (C=O) groups excluding carboxylic acids is 12. The van der Waals surface area contributed by atoms with E-state index < -0.39 is 117 Å². The number of hydrogen-bond acceptors (Lipinski definition) is 13. The maximum atomic E-state index is 12.9. The summed E-state index contributed by atoms with van der Waals surface area (Å²) in [6, 6.07) is -0.820. The van der Waals surface area contributed by atoms with Crippen LogP contribution in [0.3, 0.4) is 0 Å². The Morgan fingerprint density at radius 1 is 0.371 bits per heavy atom. The number of amides is 12. The fourth-order valence-corrected chi connectivity index (χ4v) is 4.89. The molecule has 0 aliphatic rings. The number of likely N-dealkylation sites (N-methyl/N-ethyl adjacent to an activating group) is 11. The fraction of sp³-hybridized carbons (Fsp3) is 0.676. The number of hydrogen-bond donors (Lipinski definition) is 3. The van der Waals surface area contributed by atoms with Gasteiger partial charge < -0.3 is 65.4 Å². The van der Waals surface area contributed by atoms with Crippen LogP contribution in [-0.4, -0.2) is 275 Å². The molecular weight excluding hydrogens is 818 g/mol. The highest BCUT2D eigenvalue weighted by Crippen LogP contribution is 2.01. The summed E-state index contributed by atoms with van der Waals surface area (Å²) in [6.45, 7) is -2.48. The topological polar surface area (TPSA) is 287 Å². The van der Waals surface area contributed by atoms with Crippen LogP contribution in [0.2, 0.25) is 0 Å². The van der Waals surface area contributed by atoms with E-state index in [0.29, 0.717) is 0 Å². The van der Waals surface area contributed by atoms with Gasteiger partial charge in [0.25, 0.3) is 0 Å². The van der Waals surface area contributed by atoms with Crippen LogP contribution in [0, 0.1) is 0 Å². The minimum atomic E-state index is -0.820. The highest BCUT2D eigenvalue weighted by molar-refractivity contribution is 5.94. The smallest absolute Gasteiger partial charge is 0.242 e. The molecule has 0 saturated carbocycles. The predicted octanol–water partition coefficient (Wildman–Crippen LogP) is -6.83. The van der Waals surface area contributed by atoms with Gasteiger partial charge in [-0.25, -0.2) is 0 Å². The first kappa shape index (κ1) is 55.6. The minimum absolute atomic E-state index is 0.0665. The van der Waals surface area contributed by atoms with Gasteiger partial charge in [-0.2, -0.15) is 0 Å². The summed E-state index contributed by atoms with van der Waals surface area (Å²) in [5.74, 6) is -6.71. The van der Waals surface area contributed by atoms with Crippen molar-refractivity contribution in [3.63, 3.8) is 0 Å². The van der Waals surface area contributed by atoms with E-state index in [4.69, 9.17) is 5.73 Å². The molecule has 0 radical (unpaired) electrons. The molecule has 0 rings (SSSR count). The Labute approximate surface area is 362 Å². The van der Waals surface area contributed by atoms with Gasteiger partial charge in [0.1, 0.15) is 6.04 Å². The van der Waals surface area contributed by atoms with E-state index in [-0.39, 0.29) is 38.5 Å². The molecule has 0 aromatic rings. The Morgan fingerprint density at radius 3 is 0.758 bits per heavy atom. The van der Waals surface area contributed by atoms with Gasteiger partial charge in [0.2, 0.25) is 70.9 Å². The van der Waals surface area contributed by atoms with E-state index in [1.807, 2.05) is 0 Å². The average molecular weight is 884 g/mol. The van der Waals surface area contributed by atoms with Crippen molar-refractivity contribution >= 4 is 70.9 Å². The lowest BCUT2D eigenvalue weighted by Crippen LogP contribution is -2.50. The first-order valence-electron chi connectivity index (χ1n) is 19.3. The van der Waals surface area contributed by atoms with Gasteiger partial charge in [0.15, 0.2) is 0 Å². The first-order chi connectivity index (χ1) is 28.7. The maximum absolute atomic E-state index is 12.9. The van der Waals surface area contributed by atoms with E-state index >= 15 is 0 Å². The zero-order chi connectivity index (χ0) is 48.2. The summed E-state index contributed by atoms with van der Waals surface area (Å²) in [6.07, 6.45) is 0.0665. The van der Waals surface area contributed by atoms with Crippen molar-refractivity contribution in [1.82, 2.24) is 59.6 Å². The largest absolute Gasteiger partial charge is 0.357 e. The Kier molecular flexibility index (Phi) is 24.0. The average Bonchev–Trinajstić information content (AvgIpc) is 3.19. The van der Waals surface area contributed by atoms with Crippen molar-refractivity contribution in [3.8, 4) is 0 Å². The molecule has 0 aromatic heterocycles. The monoisotopic (exact) mass is 883 g/mol. The summed E-state index contributed by atoms with van der Waals surface area (Å²) in [5.41, 5.74) is 5.37. The second kappa shape index (κ2) is 26.7. The molecule has 350 valence electrons. The Morgan fingerprint density at radius 2 is 0.565 bits per heavy atom. The summed E-state index contributed by atoms with van der Waals surface area (Å²) < 4.78 is 0. The van der Waals surface area contributed by atoms with Crippen LogP contribution >= 0.6 is 0 Å². The van der Waals surface area contributed by atoms with Crippen LogP contribution in [0.1, 0.15) is 13.3 Å². The molecular formula is C37H65N13O12. The lowest BCUT2D eigenvalue weighted by atomic mass is 10.3. The van der Waals surface area contributed by atoms with Crippen LogP contribution in [0.5, 0.6) is 0 Å². The van der Waals surface area contributed by atoms with Crippen LogP contribution < -0.4 is 16.4 Å². The molecule has 25 nitrogen and oxygen atoms in total. The Balaban J connectivity index is 4.90. The van der Waals surface area contributed by atoms with Gasteiger partial charge >= 0.3 is 0 Å². The molecule has 25 heteroatoms. The van der Waals surface area contributed by atoms with Crippen molar-refractivity contribution in [2.24, 2.45) is 5.73 Å². The number of carbonyl (C=O) groups is 12. The summed E-state index contributed by atoms with van der Waals surface area (Å²) >= 11 is 0. The summed E-state index contributed by atoms with van der Waals surface area (Å²) in [4.78, 5) is 161. The van der Waals surface area contributed by atoms with E-state index in [0.717, 1.165) is 44.1 Å². The van der Waals surface area contributed by atoms with E-state index in [2.05, 4.69) is 10.6 Å². The molecule has 0 saturated heterocycles. The third kappa shape index (κ3) is 19.8. The quantitative estimate of drug-likeness (QED) is 0.0814. The van der Waals surface area contributed by atoms with Crippen LogP contribution in [0.25, 0.3) is 0 Å². The van der Waals surface area contributed by atoms with Crippen LogP contribution in [0.15, 0.2) is 0 Å². The zero-order valence-electron chi connectivity index (χ0n) is 38.0. The second-order valence-corrected chi connectivity index (χ2v) is 14.9. The van der Waals surface area contributed by atoms with Crippen LogP contribution in [0.4, 0.5) is 0 Å². The van der Waals surface area contributed by atoms with Gasteiger partial charge in [-0.15, -0.1) is 0 Å². The number of nitrogens with one attached hydrogen (secondary N) is 2. The molecule has 0 unspecified atom stereocenters. The fourth-order valence-electron chi connectivity index (χ4n) is 4.89.